The Balaban J connectivity index is 2.09. The maximum atomic E-state index is 12.1. The number of amides is 1. The minimum atomic E-state index is 0.0213. The molecular weight excluding hydrogens is 226 g/mol. The largest absolute Gasteiger partial charge is 0.370 e. The molecule has 1 fully saturated rings. The molecule has 1 aromatic rings. The predicted molar refractivity (Wildman–Crippen MR) is 72.9 cm³/mol. The van der Waals surface area contributed by atoms with Crippen LogP contribution in [0.5, 0.6) is 0 Å². The van der Waals surface area contributed by atoms with Gasteiger partial charge in [0, 0.05) is 26.2 Å². The van der Waals surface area contributed by atoms with Crippen molar-refractivity contribution >= 4 is 11.6 Å². The summed E-state index contributed by atoms with van der Waals surface area (Å²) in [6.45, 7) is 7.63. The molecule has 0 radical (unpaired) electrons. The Morgan fingerprint density at radius 2 is 1.94 bits per heavy atom. The molecule has 0 spiro atoms. The molecule has 0 aliphatic carbocycles. The highest BCUT2D eigenvalue weighted by Crippen LogP contribution is 2.19. The zero-order valence-corrected chi connectivity index (χ0v) is 11.2. The highest BCUT2D eigenvalue weighted by atomic mass is 16.2. The third kappa shape index (κ3) is 2.63. The second kappa shape index (κ2) is 5.85. The second-order valence-electron chi connectivity index (χ2n) is 4.57. The number of carbonyl (C=O) groups excluding carboxylic acids is 1. The average Bonchev–Trinajstić information content (AvgIpc) is 2.94. The first-order chi connectivity index (χ1) is 8.76. The topological polar surface area (TPSA) is 36.4 Å². The fourth-order valence-electron chi connectivity index (χ4n) is 2.35. The second-order valence-corrected chi connectivity index (χ2v) is 4.57. The van der Waals surface area contributed by atoms with Crippen LogP contribution in [-0.4, -0.2) is 42.0 Å². The zero-order valence-electron chi connectivity index (χ0n) is 11.2. The van der Waals surface area contributed by atoms with Crippen molar-refractivity contribution in [2.75, 3.05) is 31.1 Å². The van der Waals surface area contributed by atoms with Crippen LogP contribution in [0.25, 0.3) is 0 Å². The lowest BCUT2D eigenvalue weighted by molar-refractivity contribution is 0.0767. The molecule has 1 amide bonds. The molecule has 1 aliphatic heterocycles. The van der Waals surface area contributed by atoms with Crippen LogP contribution in [-0.2, 0) is 0 Å². The lowest BCUT2D eigenvalue weighted by Gasteiger charge is -2.19. The van der Waals surface area contributed by atoms with E-state index < -0.39 is 0 Å². The van der Waals surface area contributed by atoms with Crippen molar-refractivity contribution in [2.24, 2.45) is 0 Å². The lowest BCUT2D eigenvalue weighted by atomic mass is 10.3. The monoisotopic (exact) mass is 247 g/mol. The Morgan fingerprint density at radius 1 is 1.28 bits per heavy atom. The summed E-state index contributed by atoms with van der Waals surface area (Å²) in [5.41, 5.74) is 1.67. The van der Waals surface area contributed by atoms with E-state index in [4.69, 9.17) is 0 Å². The SMILES string of the molecule is CCN(CC)C(=O)c1ccc(N2CCCC2)cn1. The molecule has 1 saturated heterocycles. The van der Waals surface area contributed by atoms with Gasteiger partial charge in [-0.2, -0.15) is 0 Å². The van der Waals surface area contributed by atoms with Crippen molar-refractivity contribution < 1.29 is 4.79 Å². The van der Waals surface area contributed by atoms with E-state index in [1.54, 1.807) is 4.90 Å². The van der Waals surface area contributed by atoms with Crippen molar-refractivity contribution in [3.05, 3.63) is 24.0 Å². The minimum Gasteiger partial charge on any atom is -0.370 e. The maximum absolute atomic E-state index is 12.1. The predicted octanol–water partition coefficient (Wildman–Crippen LogP) is 2.16. The summed E-state index contributed by atoms with van der Waals surface area (Å²) in [6.07, 6.45) is 4.32. The third-order valence-corrected chi connectivity index (χ3v) is 3.49. The number of pyridine rings is 1. The van der Waals surface area contributed by atoms with E-state index in [0.29, 0.717) is 5.69 Å². The minimum absolute atomic E-state index is 0.0213. The first-order valence-corrected chi connectivity index (χ1v) is 6.76. The molecule has 1 aliphatic rings. The average molecular weight is 247 g/mol. The van der Waals surface area contributed by atoms with Crippen LogP contribution in [0.3, 0.4) is 0 Å². The van der Waals surface area contributed by atoms with Gasteiger partial charge in [0.2, 0.25) is 0 Å². The lowest BCUT2D eigenvalue weighted by Crippen LogP contribution is -2.31. The summed E-state index contributed by atoms with van der Waals surface area (Å²) in [6, 6.07) is 3.85. The number of hydrogen-bond donors (Lipinski definition) is 0. The first kappa shape index (κ1) is 12.9. The van der Waals surface area contributed by atoms with Gasteiger partial charge in [-0.15, -0.1) is 0 Å². The Bertz CT molecular complexity index is 392. The van der Waals surface area contributed by atoms with Crippen LogP contribution < -0.4 is 4.90 Å². The third-order valence-electron chi connectivity index (χ3n) is 3.49. The molecule has 4 heteroatoms. The standard InChI is InChI=1S/C14H21N3O/c1-3-16(4-2)14(18)13-8-7-12(11-15-13)17-9-5-6-10-17/h7-8,11H,3-6,9-10H2,1-2H3. The molecule has 2 rings (SSSR count). The fourth-order valence-corrected chi connectivity index (χ4v) is 2.35. The van der Waals surface area contributed by atoms with Crippen molar-refractivity contribution in [1.82, 2.24) is 9.88 Å². The van der Waals surface area contributed by atoms with E-state index in [1.807, 2.05) is 32.2 Å². The van der Waals surface area contributed by atoms with E-state index >= 15 is 0 Å². The Labute approximate surface area is 109 Å². The maximum Gasteiger partial charge on any atom is 0.272 e. The van der Waals surface area contributed by atoms with Gasteiger partial charge in [-0.1, -0.05) is 0 Å². The first-order valence-electron chi connectivity index (χ1n) is 6.76. The highest BCUT2D eigenvalue weighted by molar-refractivity contribution is 5.92. The van der Waals surface area contributed by atoms with Crippen molar-refractivity contribution in [3.63, 3.8) is 0 Å². The van der Waals surface area contributed by atoms with Gasteiger partial charge in [-0.05, 0) is 38.8 Å². The molecule has 0 atom stereocenters. The zero-order chi connectivity index (χ0) is 13.0. The highest BCUT2D eigenvalue weighted by Gasteiger charge is 2.16. The number of nitrogens with zero attached hydrogens (tertiary/aromatic N) is 3. The summed E-state index contributed by atoms with van der Waals surface area (Å²) in [7, 11) is 0. The molecule has 0 bridgehead atoms. The normalized spacial score (nSPS) is 14.9. The van der Waals surface area contributed by atoms with Crippen molar-refractivity contribution in [2.45, 2.75) is 26.7 Å². The van der Waals surface area contributed by atoms with Gasteiger partial charge in [0.25, 0.3) is 5.91 Å². The number of hydrogen-bond acceptors (Lipinski definition) is 3. The van der Waals surface area contributed by atoms with E-state index in [-0.39, 0.29) is 5.91 Å². The molecule has 18 heavy (non-hydrogen) atoms. The molecule has 2 heterocycles. The summed E-state index contributed by atoms with van der Waals surface area (Å²) in [5, 5.41) is 0. The molecule has 0 saturated carbocycles. The van der Waals surface area contributed by atoms with Crippen LogP contribution in [0.4, 0.5) is 5.69 Å². The van der Waals surface area contributed by atoms with Gasteiger partial charge in [0.05, 0.1) is 11.9 Å². The van der Waals surface area contributed by atoms with Gasteiger partial charge in [-0.3, -0.25) is 4.79 Å². The van der Waals surface area contributed by atoms with Gasteiger partial charge in [0.1, 0.15) is 5.69 Å². The van der Waals surface area contributed by atoms with E-state index in [9.17, 15) is 4.79 Å². The number of aromatic nitrogens is 1. The van der Waals surface area contributed by atoms with Crippen molar-refractivity contribution in [3.8, 4) is 0 Å². The van der Waals surface area contributed by atoms with Gasteiger partial charge in [0.15, 0.2) is 0 Å². The van der Waals surface area contributed by atoms with E-state index in [1.165, 1.54) is 12.8 Å². The molecule has 0 N–H and O–H groups in total. The number of anilines is 1. The molecular formula is C14H21N3O. The summed E-state index contributed by atoms with van der Waals surface area (Å²) >= 11 is 0. The summed E-state index contributed by atoms with van der Waals surface area (Å²) in [5.74, 6) is 0.0213. The molecule has 4 nitrogen and oxygen atoms in total. The number of rotatable bonds is 4. The molecule has 1 aromatic heterocycles. The van der Waals surface area contributed by atoms with Gasteiger partial charge in [-0.25, -0.2) is 4.98 Å². The van der Waals surface area contributed by atoms with Gasteiger partial charge < -0.3 is 9.80 Å². The van der Waals surface area contributed by atoms with Gasteiger partial charge >= 0.3 is 0 Å². The Morgan fingerprint density at radius 3 is 2.44 bits per heavy atom. The molecule has 0 unspecified atom stereocenters. The van der Waals surface area contributed by atoms with Crippen LogP contribution in [0, 0.1) is 0 Å². The van der Waals surface area contributed by atoms with Crippen LogP contribution in [0.1, 0.15) is 37.2 Å². The molecule has 98 valence electrons. The van der Waals surface area contributed by atoms with E-state index in [0.717, 1.165) is 31.9 Å². The smallest absolute Gasteiger partial charge is 0.272 e. The van der Waals surface area contributed by atoms with Crippen LogP contribution in [0.2, 0.25) is 0 Å². The fraction of sp³-hybridized carbons (Fsp3) is 0.571. The quantitative estimate of drug-likeness (QED) is 0.818. The summed E-state index contributed by atoms with van der Waals surface area (Å²) in [4.78, 5) is 20.5. The molecule has 0 aromatic carbocycles. The number of carbonyl (C=O) groups is 1. The van der Waals surface area contributed by atoms with Crippen molar-refractivity contribution in [1.29, 1.82) is 0 Å². The van der Waals surface area contributed by atoms with Crippen LogP contribution in [0.15, 0.2) is 18.3 Å². The van der Waals surface area contributed by atoms with Crippen LogP contribution >= 0.6 is 0 Å². The Kier molecular flexibility index (Phi) is 4.18. The summed E-state index contributed by atoms with van der Waals surface area (Å²) < 4.78 is 0. The van der Waals surface area contributed by atoms with E-state index in [2.05, 4.69) is 9.88 Å². The Hall–Kier alpha value is -1.58.